The number of rotatable bonds is 3. The summed E-state index contributed by atoms with van der Waals surface area (Å²) in [6, 6.07) is 34.0. The van der Waals surface area contributed by atoms with Gasteiger partial charge in [0.25, 0.3) is 0 Å². The van der Waals surface area contributed by atoms with E-state index < -0.39 is 0 Å². The van der Waals surface area contributed by atoms with Gasteiger partial charge in [-0.1, -0.05) is 57.2 Å². The van der Waals surface area contributed by atoms with Crippen molar-refractivity contribution in [1.82, 2.24) is 18.9 Å². The van der Waals surface area contributed by atoms with Crippen molar-refractivity contribution in [2.24, 2.45) is 0 Å². The van der Waals surface area contributed by atoms with Gasteiger partial charge in [0.2, 0.25) is 0 Å². The maximum atomic E-state index is 6.59. The number of fused-ring (bicyclic) bond motifs is 9. The van der Waals surface area contributed by atoms with Gasteiger partial charge in [0.05, 0.1) is 22.2 Å². The van der Waals surface area contributed by atoms with Crippen molar-refractivity contribution in [1.29, 1.82) is 0 Å². The molecule has 0 aliphatic carbocycles. The van der Waals surface area contributed by atoms with Crippen molar-refractivity contribution >= 4 is 49.1 Å². The zero-order chi connectivity index (χ0) is 29.5. The van der Waals surface area contributed by atoms with Crippen LogP contribution in [0.1, 0.15) is 37.7 Å². The fourth-order valence-electron chi connectivity index (χ4n) is 6.39. The highest BCUT2D eigenvalue weighted by Gasteiger charge is 2.19. The fraction of sp³-hybridized carbons (Fsp3) is 0.158. The molecule has 0 saturated heterocycles. The SMILES string of the molecule is Cc1nc2c3cc(Oc4ccc5c6ccccc6n(-c6cc(C(C)(C)C)ccn6)c5c4)ccc3c3ccccc3n2c1C. The minimum absolute atomic E-state index is 0.0173. The Morgan fingerprint density at radius 2 is 1.28 bits per heavy atom. The minimum atomic E-state index is 0.0173. The minimum Gasteiger partial charge on any atom is -0.457 e. The van der Waals surface area contributed by atoms with Gasteiger partial charge < -0.3 is 4.74 Å². The van der Waals surface area contributed by atoms with Crippen LogP contribution in [0.2, 0.25) is 0 Å². The lowest BCUT2D eigenvalue weighted by molar-refractivity contribution is 0.484. The number of imidazole rings is 1. The molecule has 43 heavy (non-hydrogen) atoms. The first-order chi connectivity index (χ1) is 20.8. The van der Waals surface area contributed by atoms with Crippen molar-refractivity contribution in [2.45, 2.75) is 40.0 Å². The average Bonchev–Trinajstić information content (AvgIpc) is 3.50. The summed E-state index contributed by atoms with van der Waals surface area (Å²) in [4.78, 5) is 9.79. The van der Waals surface area contributed by atoms with Gasteiger partial charge in [-0.2, -0.15) is 0 Å². The number of hydrogen-bond acceptors (Lipinski definition) is 3. The van der Waals surface area contributed by atoms with Crippen LogP contribution >= 0.6 is 0 Å². The molecule has 0 aliphatic rings. The largest absolute Gasteiger partial charge is 0.457 e. The van der Waals surface area contributed by atoms with Crippen molar-refractivity contribution in [3.63, 3.8) is 0 Å². The molecule has 0 amide bonds. The van der Waals surface area contributed by atoms with Crippen LogP contribution in [0.3, 0.4) is 0 Å². The highest BCUT2D eigenvalue weighted by molar-refractivity contribution is 6.12. The van der Waals surface area contributed by atoms with E-state index in [0.29, 0.717) is 0 Å². The number of para-hydroxylation sites is 2. The second-order valence-electron chi connectivity index (χ2n) is 12.5. The Labute approximate surface area is 250 Å². The van der Waals surface area contributed by atoms with Gasteiger partial charge in [0.1, 0.15) is 23.0 Å². The topological polar surface area (TPSA) is 44.3 Å². The van der Waals surface area contributed by atoms with E-state index >= 15 is 0 Å². The molecule has 8 aromatic rings. The van der Waals surface area contributed by atoms with E-state index in [9.17, 15) is 0 Å². The summed E-state index contributed by atoms with van der Waals surface area (Å²) in [6.45, 7) is 10.9. The Morgan fingerprint density at radius 3 is 2.05 bits per heavy atom. The molecule has 0 fully saturated rings. The first kappa shape index (κ1) is 25.5. The number of nitrogens with zero attached hydrogens (tertiary/aromatic N) is 4. The Kier molecular flexibility index (Phi) is 5.45. The highest BCUT2D eigenvalue weighted by atomic mass is 16.5. The van der Waals surface area contributed by atoms with Gasteiger partial charge >= 0.3 is 0 Å². The van der Waals surface area contributed by atoms with Gasteiger partial charge in [-0.05, 0) is 84.8 Å². The quantitative estimate of drug-likeness (QED) is 0.202. The summed E-state index contributed by atoms with van der Waals surface area (Å²) in [7, 11) is 0. The summed E-state index contributed by atoms with van der Waals surface area (Å²) in [5, 5.41) is 5.80. The molecule has 0 N–H and O–H groups in total. The van der Waals surface area contributed by atoms with Crippen LogP contribution in [0.25, 0.3) is 54.9 Å². The van der Waals surface area contributed by atoms with Gasteiger partial charge in [-0.15, -0.1) is 0 Å². The Bertz CT molecular complexity index is 2390. The molecular weight excluding hydrogens is 528 g/mol. The van der Waals surface area contributed by atoms with E-state index in [2.05, 4.69) is 141 Å². The predicted octanol–water partition coefficient (Wildman–Crippen LogP) is 9.84. The molecule has 8 rings (SSSR count). The number of pyridine rings is 2. The molecular formula is C38H32N4O. The molecule has 210 valence electrons. The van der Waals surface area contributed by atoms with Crippen LogP contribution < -0.4 is 4.74 Å². The molecule has 0 radical (unpaired) electrons. The van der Waals surface area contributed by atoms with Crippen molar-refractivity contribution < 1.29 is 4.74 Å². The van der Waals surface area contributed by atoms with Crippen molar-refractivity contribution in [3.05, 3.63) is 120 Å². The molecule has 5 heteroatoms. The molecule has 0 unspecified atom stereocenters. The van der Waals surface area contributed by atoms with Crippen LogP contribution in [0.5, 0.6) is 11.5 Å². The third-order valence-electron chi connectivity index (χ3n) is 8.73. The van der Waals surface area contributed by atoms with Gasteiger partial charge in [-0.3, -0.25) is 8.97 Å². The summed E-state index contributed by atoms with van der Waals surface area (Å²) < 4.78 is 11.1. The molecule has 0 aliphatic heterocycles. The zero-order valence-corrected chi connectivity index (χ0v) is 25.0. The van der Waals surface area contributed by atoms with Crippen LogP contribution in [0.4, 0.5) is 0 Å². The van der Waals surface area contributed by atoms with E-state index in [1.165, 1.54) is 32.6 Å². The highest BCUT2D eigenvalue weighted by Crippen LogP contribution is 2.38. The van der Waals surface area contributed by atoms with E-state index in [4.69, 9.17) is 14.7 Å². The molecule has 0 atom stereocenters. The lowest BCUT2D eigenvalue weighted by atomic mass is 9.88. The van der Waals surface area contributed by atoms with Crippen molar-refractivity contribution in [2.75, 3.05) is 0 Å². The molecule has 0 spiro atoms. The van der Waals surface area contributed by atoms with E-state index in [1.807, 2.05) is 6.20 Å². The predicted molar refractivity (Wildman–Crippen MR) is 177 cm³/mol. The molecule has 0 saturated carbocycles. The Hall–Kier alpha value is -5.16. The number of hydrogen-bond donors (Lipinski definition) is 0. The van der Waals surface area contributed by atoms with Gasteiger partial charge in [0, 0.05) is 39.5 Å². The fourth-order valence-corrected chi connectivity index (χ4v) is 6.39. The standard InChI is InChI=1S/C38H32N4O/c1-23-24(2)41-33-12-8-6-10-29(33)28-16-14-26(21-32(28)37(41)40-23)43-27-15-17-31-30-11-7-9-13-34(30)42(35(31)22-27)36-20-25(18-19-39-36)38(3,4)5/h6-22H,1-5H3. The summed E-state index contributed by atoms with van der Waals surface area (Å²) >= 11 is 0. The monoisotopic (exact) mass is 560 g/mol. The molecule has 4 aromatic carbocycles. The number of ether oxygens (including phenoxy) is 1. The third kappa shape index (κ3) is 3.92. The number of aromatic nitrogens is 4. The average molecular weight is 561 g/mol. The Morgan fingerprint density at radius 1 is 0.628 bits per heavy atom. The zero-order valence-electron chi connectivity index (χ0n) is 25.0. The first-order valence-corrected chi connectivity index (χ1v) is 14.8. The Balaban J connectivity index is 1.30. The molecule has 5 nitrogen and oxygen atoms in total. The van der Waals surface area contributed by atoms with Crippen LogP contribution in [-0.4, -0.2) is 18.9 Å². The maximum Gasteiger partial charge on any atom is 0.145 e. The first-order valence-electron chi connectivity index (χ1n) is 14.8. The molecule has 4 heterocycles. The smallest absolute Gasteiger partial charge is 0.145 e. The normalized spacial score (nSPS) is 12.3. The van der Waals surface area contributed by atoms with E-state index in [1.54, 1.807) is 0 Å². The molecule has 0 bridgehead atoms. The number of aryl methyl sites for hydroxylation is 2. The van der Waals surface area contributed by atoms with Gasteiger partial charge in [0.15, 0.2) is 0 Å². The summed E-state index contributed by atoms with van der Waals surface area (Å²) in [5.41, 5.74) is 7.75. The lowest BCUT2D eigenvalue weighted by Crippen LogP contribution is -2.12. The second kappa shape index (κ2) is 9.17. The molecule has 4 aromatic heterocycles. The lowest BCUT2D eigenvalue weighted by Gasteiger charge is -2.20. The van der Waals surface area contributed by atoms with Crippen LogP contribution in [0.15, 0.2) is 103 Å². The maximum absolute atomic E-state index is 6.59. The third-order valence-corrected chi connectivity index (χ3v) is 8.73. The van der Waals surface area contributed by atoms with Crippen LogP contribution in [-0.2, 0) is 5.41 Å². The van der Waals surface area contributed by atoms with Crippen LogP contribution in [0, 0.1) is 13.8 Å². The van der Waals surface area contributed by atoms with E-state index in [-0.39, 0.29) is 5.41 Å². The van der Waals surface area contributed by atoms with E-state index in [0.717, 1.165) is 50.8 Å². The summed E-state index contributed by atoms with van der Waals surface area (Å²) in [6.07, 6.45) is 1.91. The number of benzene rings is 4. The summed E-state index contributed by atoms with van der Waals surface area (Å²) in [5.74, 6) is 2.45. The second-order valence-corrected chi connectivity index (χ2v) is 12.5. The van der Waals surface area contributed by atoms with Crippen molar-refractivity contribution in [3.8, 4) is 17.3 Å². The van der Waals surface area contributed by atoms with Gasteiger partial charge in [-0.25, -0.2) is 9.97 Å².